The van der Waals surface area contributed by atoms with Crippen LogP contribution >= 0.6 is 0 Å². The van der Waals surface area contributed by atoms with Gasteiger partial charge >= 0.3 is 0 Å². The smallest absolute Gasteiger partial charge is 0.191 e. The Morgan fingerprint density at radius 2 is 2.12 bits per heavy atom. The number of rotatable bonds is 9. The number of halogens is 1. The van der Waals surface area contributed by atoms with Crippen molar-refractivity contribution in [2.75, 3.05) is 32.1 Å². The van der Waals surface area contributed by atoms with Crippen molar-refractivity contribution in [2.24, 2.45) is 4.99 Å². The van der Waals surface area contributed by atoms with Gasteiger partial charge in [0.05, 0.1) is 12.3 Å². The molecule has 1 rings (SSSR count). The normalized spacial score (nSPS) is 13.4. The van der Waals surface area contributed by atoms with Gasteiger partial charge in [-0.15, -0.1) is 0 Å². The average Bonchev–Trinajstić information content (AvgIpc) is 2.52. The van der Waals surface area contributed by atoms with Gasteiger partial charge in [-0.1, -0.05) is 13.0 Å². The monoisotopic (exact) mass is 359 g/mol. The van der Waals surface area contributed by atoms with Gasteiger partial charge in [0.1, 0.15) is 27.5 Å². The van der Waals surface area contributed by atoms with Crippen LogP contribution in [0.3, 0.4) is 0 Å². The molecule has 0 fully saturated rings. The van der Waals surface area contributed by atoms with E-state index in [1.54, 1.807) is 19.2 Å². The summed E-state index contributed by atoms with van der Waals surface area (Å²) >= 11 is 0. The highest BCUT2D eigenvalue weighted by Crippen LogP contribution is 2.14. The molecule has 1 aromatic rings. The molecule has 0 spiro atoms. The van der Waals surface area contributed by atoms with Gasteiger partial charge in [0, 0.05) is 25.9 Å². The second kappa shape index (κ2) is 10.1. The van der Waals surface area contributed by atoms with Crippen LogP contribution in [0.25, 0.3) is 0 Å². The van der Waals surface area contributed by atoms with Gasteiger partial charge in [-0.3, -0.25) is 4.99 Å². The number of benzene rings is 1. The van der Waals surface area contributed by atoms with Crippen LogP contribution in [0, 0.1) is 5.82 Å². The fourth-order valence-corrected chi connectivity index (χ4v) is 2.64. The van der Waals surface area contributed by atoms with Crippen molar-refractivity contribution in [3.63, 3.8) is 0 Å². The molecule has 0 radical (unpaired) electrons. The predicted molar refractivity (Wildman–Crippen MR) is 94.8 cm³/mol. The van der Waals surface area contributed by atoms with Gasteiger partial charge in [-0.25, -0.2) is 12.8 Å². The second-order valence-corrected chi connectivity index (χ2v) is 7.73. The number of aliphatic imine (C=N–C) groups is 1. The molecule has 1 atom stereocenters. The minimum atomic E-state index is -2.95. The molecule has 6 nitrogen and oxygen atoms in total. The maximum absolute atomic E-state index is 13.2. The largest absolute Gasteiger partial charge is 0.489 e. The van der Waals surface area contributed by atoms with Crippen LogP contribution in [-0.2, 0) is 9.84 Å². The third kappa shape index (κ3) is 8.71. The Morgan fingerprint density at radius 1 is 1.38 bits per heavy atom. The first-order valence-electron chi connectivity index (χ1n) is 7.88. The highest BCUT2D eigenvalue weighted by molar-refractivity contribution is 7.90. The van der Waals surface area contributed by atoms with E-state index in [1.165, 1.54) is 18.4 Å². The molecule has 0 bridgehead atoms. The van der Waals surface area contributed by atoms with E-state index in [9.17, 15) is 12.8 Å². The van der Waals surface area contributed by atoms with E-state index in [2.05, 4.69) is 15.6 Å². The Kier molecular flexibility index (Phi) is 8.53. The molecular weight excluding hydrogens is 333 g/mol. The van der Waals surface area contributed by atoms with E-state index in [0.29, 0.717) is 31.2 Å². The van der Waals surface area contributed by atoms with Crippen molar-refractivity contribution in [1.82, 2.24) is 10.6 Å². The summed E-state index contributed by atoms with van der Waals surface area (Å²) in [7, 11) is -1.31. The highest BCUT2D eigenvalue weighted by Gasteiger charge is 2.10. The molecule has 0 saturated carbocycles. The quantitative estimate of drug-likeness (QED) is 0.398. The van der Waals surface area contributed by atoms with E-state index in [1.807, 2.05) is 6.92 Å². The first kappa shape index (κ1) is 20.2. The first-order valence-corrected chi connectivity index (χ1v) is 9.94. The Bertz CT molecular complexity index is 635. The molecule has 0 heterocycles. The lowest BCUT2D eigenvalue weighted by molar-refractivity contribution is 0.199. The van der Waals surface area contributed by atoms with E-state index in [-0.39, 0.29) is 17.7 Å². The lowest BCUT2D eigenvalue weighted by atomic mass is 10.2. The van der Waals surface area contributed by atoms with Gasteiger partial charge < -0.3 is 15.4 Å². The zero-order valence-corrected chi connectivity index (χ0v) is 15.2. The maximum Gasteiger partial charge on any atom is 0.191 e. The number of hydrogen-bond acceptors (Lipinski definition) is 4. The molecular formula is C16H26FN3O3S. The van der Waals surface area contributed by atoms with Crippen molar-refractivity contribution in [3.05, 3.63) is 30.1 Å². The summed E-state index contributed by atoms with van der Waals surface area (Å²) in [6, 6.07) is 6.03. The van der Waals surface area contributed by atoms with Crippen molar-refractivity contribution >= 4 is 15.8 Å². The number of guanidine groups is 1. The minimum Gasteiger partial charge on any atom is -0.489 e. The van der Waals surface area contributed by atoms with Crippen LogP contribution in [0.1, 0.15) is 19.8 Å². The third-order valence-electron chi connectivity index (χ3n) is 3.26. The molecule has 0 aliphatic heterocycles. The maximum atomic E-state index is 13.2. The molecule has 0 aromatic heterocycles. The molecule has 24 heavy (non-hydrogen) atoms. The molecule has 1 aromatic carbocycles. The lowest BCUT2D eigenvalue weighted by Gasteiger charge is -2.20. The second-order valence-electron chi connectivity index (χ2n) is 5.47. The third-order valence-corrected chi connectivity index (χ3v) is 4.29. The number of nitrogens with one attached hydrogen (secondary N) is 2. The molecule has 0 amide bonds. The Balaban J connectivity index is 2.39. The van der Waals surface area contributed by atoms with Gasteiger partial charge in [0.15, 0.2) is 5.96 Å². The zero-order valence-electron chi connectivity index (χ0n) is 14.4. The predicted octanol–water partition coefficient (Wildman–Crippen LogP) is 1.58. The van der Waals surface area contributed by atoms with Crippen LogP contribution in [0.2, 0.25) is 0 Å². The van der Waals surface area contributed by atoms with Crippen LogP contribution in [0.4, 0.5) is 4.39 Å². The number of ether oxygens (including phenoxy) is 1. The molecule has 0 aliphatic carbocycles. The average molecular weight is 359 g/mol. The first-order chi connectivity index (χ1) is 11.3. The summed E-state index contributed by atoms with van der Waals surface area (Å²) < 4.78 is 41.1. The van der Waals surface area contributed by atoms with E-state index >= 15 is 0 Å². The van der Waals surface area contributed by atoms with Crippen LogP contribution in [-0.4, -0.2) is 52.6 Å². The molecule has 1 unspecified atom stereocenters. The van der Waals surface area contributed by atoms with E-state index in [0.717, 1.165) is 6.42 Å². The van der Waals surface area contributed by atoms with Gasteiger partial charge in [0.25, 0.3) is 0 Å². The lowest BCUT2D eigenvalue weighted by Crippen LogP contribution is -2.43. The topological polar surface area (TPSA) is 79.8 Å². The van der Waals surface area contributed by atoms with E-state index in [4.69, 9.17) is 4.74 Å². The summed E-state index contributed by atoms with van der Waals surface area (Å²) in [6.07, 6.45) is 2.34. The minimum absolute atomic E-state index is 0.136. The molecule has 136 valence electrons. The summed E-state index contributed by atoms with van der Waals surface area (Å²) in [6.45, 7) is 2.99. The van der Waals surface area contributed by atoms with Crippen LogP contribution in [0.15, 0.2) is 29.3 Å². The van der Waals surface area contributed by atoms with Gasteiger partial charge in [0.2, 0.25) is 0 Å². The molecule has 2 N–H and O–H groups in total. The van der Waals surface area contributed by atoms with Crippen molar-refractivity contribution < 1.29 is 17.5 Å². The summed E-state index contributed by atoms with van der Waals surface area (Å²) in [5.74, 6) is 0.861. The number of sulfone groups is 1. The van der Waals surface area contributed by atoms with Gasteiger partial charge in [-0.05, 0) is 25.0 Å². The summed E-state index contributed by atoms with van der Waals surface area (Å²) in [5.41, 5.74) is 0. The van der Waals surface area contributed by atoms with Crippen molar-refractivity contribution in [2.45, 2.75) is 25.9 Å². The Hall–Kier alpha value is -1.83. The van der Waals surface area contributed by atoms with Crippen LogP contribution < -0.4 is 15.4 Å². The van der Waals surface area contributed by atoms with E-state index < -0.39 is 9.84 Å². The molecule has 8 heteroatoms. The molecule has 0 aliphatic rings. The zero-order chi connectivity index (χ0) is 18.0. The standard InChI is InChI=1S/C16H26FN3O3S/c1-4-14(23-15-8-5-7-13(17)11-15)12-20-16(18-2)19-9-6-10-24(3,21)22/h5,7-8,11,14H,4,6,9-10,12H2,1-3H3,(H2,18,19,20). The summed E-state index contributed by atoms with van der Waals surface area (Å²) in [5, 5.41) is 6.18. The number of hydrogen-bond donors (Lipinski definition) is 2. The highest BCUT2D eigenvalue weighted by atomic mass is 32.2. The summed E-state index contributed by atoms with van der Waals surface area (Å²) in [4.78, 5) is 4.08. The Labute approximate surface area is 143 Å². The van der Waals surface area contributed by atoms with Crippen molar-refractivity contribution in [1.29, 1.82) is 0 Å². The SMILES string of the molecule is CCC(CNC(=NC)NCCCS(C)(=O)=O)Oc1cccc(F)c1. The fraction of sp³-hybridized carbons (Fsp3) is 0.562. The van der Waals surface area contributed by atoms with Crippen LogP contribution in [0.5, 0.6) is 5.75 Å². The molecule has 0 saturated heterocycles. The Morgan fingerprint density at radius 3 is 2.71 bits per heavy atom. The number of nitrogens with zero attached hydrogens (tertiary/aromatic N) is 1. The van der Waals surface area contributed by atoms with Gasteiger partial charge in [-0.2, -0.15) is 0 Å². The van der Waals surface area contributed by atoms with Crippen molar-refractivity contribution in [3.8, 4) is 5.75 Å². The fourth-order valence-electron chi connectivity index (χ4n) is 1.97.